The van der Waals surface area contributed by atoms with E-state index in [4.69, 9.17) is 16.3 Å². The maximum Gasteiger partial charge on any atom is 0.225 e. The molecule has 0 aliphatic heterocycles. The van der Waals surface area contributed by atoms with E-state index in [0.29, 0.717) is 17.6 Å². The number of nitrogens with zero attached hydrogens (tertiary/aromatic N) is 2. The van der Waals surface area contributed by atoms with E-state index in [1.165, 1.54) is 18.2 Å². The van der Waals surface area contributed by atoms with Gasteiger partial charge in [0.2, 0.25) is 11.8 Å². The topological polar surface area (TPSA) is 47.0 Å². The number of nitrogens with one attached hydrogen (secondary N) is 1. The molecule has 0 bridgehead atoms. The highest BCUT2D eigenvalue weighted by atomic mass is 35.5. The summed E-state index contributed by atoms with van der Waals surface area (Å²) in [6, 6.07) is 5.69. The molecule has 0 aliphatic carbocycles. The van der Waals surface area contributed by atoms with Crippen molar-refractivity contribution >= 4 is 17.5 Å². The van der Waals surface area contributed by atoms with Crippen molar-refractivity contribution in [3.05, 3.63) is 41.3 Å². The Morgan fingerprint density at radius 2 is 2.18 bits per heavy atom. The third kappa shape index (κ3) is 2.82. The van der Waals surface area contributed by atoms with Gasteiger partial charge in [-0.05, 0) is 12.1 Å². The fourth-order valence-corrected chi connectivity index (χ4v) is 1.35. The SMILES string of the molecule is CNc1nccc(Oc2ccc(F)c(Cl)c2)n1. The molecule has 0 aliphatic rings. The molecule has 17 heavy (non-hydrogen) atoms. The quantitative estimate of drug-likeness (QED) is 0.913. The molecule has 2 rings (SSSR count). The summed E-state index contributed by atoms with van der Waals surface area (Å²) < 4.78 is 18.3. The summed E-state index contributed by atoms with van der Waals surface area (Å²) in [6.07, 6.45) is 1.55. The lowest BCUT2D eigenvalue weighted by Crippen LogP contribution is -1.97. The fraction of sp³-hybridized carbons (Fsp3) is 0.0909. The summed E-state index contributed by atoms with van der Waals surface area (Å²) in [5.74, 6) is 0.720. The highest BCUT2D eigenvalue weighted by Gasteiger charge is 2.04. The van der Waals surface area contributed by atoms with Crippen LogP contribution < -0.4 is 10.1 Å². The van der Waals surface area contributed by atoms with Gasteiger partial charge in [0.1, 0.15) is 11.6 Å². The van der Waals surface area contributed by atoms with E-state index in [9.17, 15) is 4.39 Å². The number of aromatic nitrogens is 2. The summed E-state index contributed by atoms with van der Waals surface area (Å²) in [7, 11) is 1.70. The van der Waals surface area contributed by atoms with Crippen molar-refractivity contribution in [2.24, 2.45) is 0 Å². The molecule has 0 radical (unpaired) electrons. The van der Waals surface area contributed by atoms with Crippen LogP contribution in [0.1, 0.15) is 0 Å². The smallest absolute Gasteiger partial charge is 0.225 e. The van der Waals surface area contributed by atoms with Crippen molar-refractivity contribution in [2.45, 2.75) is 0 Å². The minimum Gasteiger partial charge on any atom is -0.439 e. The molecule has 0 fully saturated rings. The van der Waals surface area contributed by atoms with Gasteiger partial charge in [-0.2, -0.15) is 4.98 Å². The second-order valence-corrected chi connectivity index (χ2v) is 3.55. The number of rotatable bonds is 3. The first-order chi connectivity index (χ1) is 8.19. The Labute approximate surface area is 102 Å². The predicted octanol–water partition coefficient (Wildman–Crippen LogP) is 3.10. The first kappa shape index (κ1) is 11.6. The lowest BCUT2D eigenvalue weighted by Gasteiger charge is -2.06. The Kier molecular flexibility index (Phi) is 3.39. The molecular weight excluding hydrogens is 245 g/mol. The lowest BCUT2D eigenvalue weighted by atomic mass is 10.3. The van der Waals surface area contributed by atoms with Crippen LogP contribution in [-0.2, 0) is 0 Å². The molecular formula is C11H9ClFN3O. The molecule has 0 unspecified atom stereocenters. The zero-order valence-electron chi connectivity index (χ0n) is 8.95. The molecule has 1 N–H and O–H groups in total. The number of ether oxygens (including phenoxy) is 1. The van der Waals surface area contributed by atoms with Gasteiger partial charge in [-0.25, -0.2) is 9.37 Å². The Hall–Kier alpha value is -1.88. The minimum absolute atomic E-state index is 0.00500. The van der Waals surface area contributed by atoms with Crippen LogP contribution in [-0.4, -0.2) is 17.0 Å². The van der Waals surface area contributed by atoms with Gasteiger partial charge >= 0.3 is 0 Å². The van der Waals surface area contributed by atoms with Gasteiger partial charge in [0, 0.05) is 25.4 Å². The van der Waals surface area contributed by atoms with Crippen LogP contribution in [0, 0.1) is 5.82 Å². The third-order valence-corrected chi connectivity index (χ3v) is 2.26. The van der Waals surface area contributed by atoms with E-state index in [2.05, 4.69) is 15.3 Å². The molecule has 0 saturated carbocycles. The second kappa shape index (κ2) is 4.97. The first-order valence-corrected chi connectivity index (χ1v) is 5.20. The molecule has 0 atom stereocenters. The molecule has 1 heterocycles. The maximum absolute atomic E-state index is 12.9. The summed E-state index contributed by atoms with van der Waals surface area (Å²) in [5, 5.41) is 2.79. The van der Waals surface area contributed by atoms with Crippen LogP contribution in [0.3, 0.4) is 0 Å². The van der Waals surface area contributed by atoms with Crippen molar-refractivity contribution in [3.8, 4) is 11.6 Å². The Balaban J connectivity index is 2.22. The number of anilines is 1. The zero-order valence-corrected chi connectivity index (χ0v) is 9.70. The summed E-state index contributed by atoms with van der Waals surface area (Å²) >= 11 is 5.64. The maximum atomic E-state index is 12.9. The normalized spacial score (nSPS) is 10.1. The highest BCUT2D eigenvalue weighted by molar-refractivity contribution is 6.30. The van der Waals surface area contributed by atoms with Gasteiger partial charge < -0.3 is 10.1 Å². The van der Waals surface area contributed by atoms with Crippen molar-refractivity contribution < 1.29 is 9.13 Å². The van der Waals surface area contributed by atoms with E-state index >= 15 is 0 Å². The molecule has 1 aromatic carbocycles. The van der Waals surface area contributed by atoms with E-state index in [1.54, 1.807) is 19.3 Å². The van der Waals surface area contributed by atoms with Crippen LogP contribution >= 0.6 is 11.6 Å². The summed E-state index contributed by atoms with van der Waals surface area (Å²) in [4.78, 5) is 8.00. The molecule has 0 spiro atoms. The van der Waals surface area contributed by atoms with E-state index in [0.717, 1.165) is 0 Å². The average molecular weight is 254 g/mol. The van der Waals surface area contributed by atoms with Crippen LogP contribution in [0.5, 0.6) is 11.6 Å². The summed E-state index contributed by atoms with van der Waals surface area (Å²) in [6.45, 7) is 0. The van der Waals surface area contributed by atoms with Gasteiger partial charge in [-0.1, -0.05) is 11.6 Å². The van der Waals surface area contributed by atoms with Gasteiger partial charge in [0.15, 0.2) is 0 Å². The Morgan fingerprint density at radius 3 is 2.88 bits per heavy atom. The molecule has 4 nitrogen and oxygen atoms in total. The molecule has 0 amide bonds. The second-order valence-electron chi connectivity index (χ2n) is 3.15. The van der Waals surface area contributed by atoms with E-state index in [1.807, 2.05) is 0 Å². The van der Waals surface area contributed by atoms with Crippen LogP contribution in [0.15, 0.2) is 30.5 Å². The van der Waals surface area contributed by atoms with Crippen LogP contribution in [0.4, 0.5) is 10.3 Å². The lowest BCUT2D eigenvalue weighted by molar-refractivity contribution is 0.461. The van der Waals surface area contributed by atoms with Crippen molar-refractivity contribution in [1.29, 1.82) is 0 Å². The zero-order chi connectivity index (χ0) is 12.3. The molecule has 6 heteroatoms. The monoisotopic (exact) mass is 253 g/mol. The molecule has 0 saturated heterocycles. The molecule has 1 aromatic heterocycles. The minimum atomic E-state index is -0.488. The third-order valence-electron chi connectivity index (χ3n) is 1.97. The standard InChI is InChI=1S/C11H9ClFN3O/c1-14-11-15-5-4-10(16-11)17-7-2-3-9(13)8(12)6-7/h2-6H,1H3,(H,14,15,16). The summed E-state index contributed by atoms with van der Waals surface area (Å²) in [5.41, 5.74) is 0. The van der Waals surface area contributed by atoms with Crippen molar-refractivity contribution in [3.63, 3.8) is 0 Å². The van der Waals surface area contributed by atoms with E-state index in [-0.39, 0.29) is 5.02 Å². The largest absolute Gasteiger partial charge is 0.439 e. The number of hydrogen-bond acceptors (Lipinski definition) is 4. The number of hydrogen-bond donors (Lipinski definition) is 1. The fourth-order valence-electron chi connectivity index (χ4n) is 1.18. The number of halogens is 2. The van der Waals surface area contributed by atoms with Gasteiger partial charge in [-0.15, -0.1) is 0 Å². The van der Waals surface area contributed by atoms with Gasteiger partial charge in [-0.3, -0.25) is 0 Å². The first-order valence-electron chi connectivity index (χ1n) is 4.83. The van der Waals surface area contributed by atoms with Gasteiger partial charge in [0.25, 0.3) is 0 Å². The van der Waals surface area contributed by atoms with Crippen LogP contribution in [0.25, 0.3) is 0 Å². The van der Waals surface area contributed by atoms with E-state index < -0.39 is 5.82 Å². The highest BCUT2D eigenvalue weighted by Crippen LogP contribution is 2.25. The van der Waals surface area contributed by atoms with Gasteiger partial charge in [0.05, 0.1) is 5.02 Å². The molecule has 88 valence electrons. The Morgan fingerprint density at radius 1 is 1.35 bits per heavy atom. The Bertz CT molecular complexity index is 536. The van der Waals surface area contributed by atoms with Crippen LogP contribution in [0.2, 0.25) is 5.02 Å². The predicted molar refractivity (Wildman–Crippen MR) is 63.1 cm³/mol. The van der Waals surface area contributed by atoms with Crippen molar-refractivity contribution in [1.82, 2.24) is 9.97 Å². The van der Waals surface area contributed by atoms with Crippen molar-refractivity contribution in [2.75, 3.05) is 12.4 Å². The number of benzene rings is 1. The molecule has 2 aromatic rings. The average Bonchev–Trinajstić information content (AvgIpc) is 2.34.